The molecule has 0 unspecified atom stereocenters. The van der Waals surface area contributed by atoms with Crippen LogP contribution >= 0.6 is 0 Å². The van der Waals surface area contributed by atoms with Crippen molar-refractivity contribution >= 4 is 22.9 Å². The van der Waals surface area contributed by atoms with Crippen LogP contribution in [0, 0.1) is 5.82 Å². The molecule has 0 spiro atoms. The molecule has 3 fully saturated rings. The van der Waals surface area contributed by atoms with Gasteiger partial charge in [0, 0.05) is 28.9 Å². The van der Waals surface area contributed by atoms with Gasteiger partial charge in [-0.2, -0.15) is 0 Å². The SMILES string of the molecule is O=C1O[C@H](/C=C/c2c(C3CC3)nc3ccccc3c2-c2ccc(F)cc2)C[C@H]2O[C@@H]12. The predicted octanol–water partition coefficient (Wildman–Crippen LogP) is 5.01. The highest BCUT2D eigenvalue weighted by atomic mass is 19.1. The first-order valence-electron chi connectivity index (χ1n) is 10.4. The zero-order valence-electron chi connectivity index (χ0n) is 16.3. The van der Waals surface area contributed by atoms with Crippen LogP contribution in [0.25, 0.3) is 28.1 Å². The Bertz CT molecular complexity index is 1180. The maximum atomic E-state index is 13.6. The molecule has 3 aliphatic rings. The van der Waals surface area contributed by atoms with Crippen LogP contribution in [0.1, 0.15) is 36.4 Å². The largest absolute Gasteiger partial charge is 0.456 e. The number of carbonyl (C=O) groups is 1. The van der Waals surface area contributed by atoms with Crippen molar-refractivity contribution in [2.75, 3.05) is 0 Å². The summed E-state index contributed by atoms with van der Waals surface area (Å²) in [6.45, 7) is 0. The fourth-order valence-corrected chi connectivity index (χ4v) is 4.35. The van der Waals surface area contributed by atoms with Gasteiger partial charge in [0.05, 0.1) is 17.3 Å². The van der Waals surface area contributed by atoms with Crippen molar-refractivity contribution in [2.45, 2.75) is 43.5 Å². The molecule has 0 N–H and O–H groups in total. The van der Waals surface area contributed by atoms with Gasteiger partial charge in [-0.05, 0) is 42.7 Å². The predicted molar refractivity (Wildman–Crippen MR) is 111 cm³/mol. The van der Waals surface area contributed by atoms with E-state index in [-0.39, 0.29) is 30.1 Å². The van der Waals surface area contributed by atoms with Crippen molar-refractivity contribution in [1.29, 1.82) is 0 Å². The second-order valence-electron chi connectivity index (χ2n) is 8.25. The molecule has 2 saturated heterocycles. The van der Waals surface area contributed by atoms with E-state index in [9.17, 15) is 9.18 Å². The molecule has 150 valence electrons. The molecule has 1 aliphatic carbocycles. The Labute approximate surface area is 173 Å². The first-order chi connectivity index (χ1) is 14.7. The average molecular weight is 401 g/mol. The molecule has 5 heteroatoms. The Morgan fingerprint density at radius 2 is 1.87 bits per heavy atom. The van der Waals surface area contributed by atoms with E-state index in [0.717, 1.165) is 46.1 Å². The van der Waals surface area contributed by atoms with Gasteiger partial charge in [0.15, 0.2) is 6.10 Å². The lowest BCUT2D eigenvalue weighted by Gasteiger charge is -2.18. The number of halogens is 1. The standard InChI is InChI=1S/C25H20FNO3/c26-16-9-7-14(8-10-16)22-18-3-1-2-4-20(18)27-23(15-5-6-15)19(22)12-11-17-13-21-24(30-21)25(28)29-17/h1-4,7-12,15,17,21,24H,5-6,13H2/b12-11+/t17-,21-,24-/m1/s1. The molecule has 2 aliphatic heterocycles. The number of fused-ring (bicyclic) bond motifs is 2. The number of rotatable bonds is 4. The smallest absolute Gasteiger partial charge is 0.338 e. The van der Waals surface area contributed by atoms with Crippen molar-refractivity contribution < 1.29 is 18.7 Å². The summed E-state index contributed by atoms with van der Waals surface area (Å²) in [6.07, 6.45) is 6.20. The molecule has 1 aromatic heterocycles. The van der Waals surface area contributed by atoms with Gasteiger partial charge in [0.2, 0.25) is 0 Å². The van der Waals surface area contributed by atoms with Crippen LogP contribution < -0.4 is 0 Å². The van der Waals surface area contributed by atoms with Crippen LogP contribution in [0.3, 0.4) is 0 Å². The number of carbonyl (C=O) groups excluding carboxylic acids is 1. The van der Waals surface area contributed by atoms with Crippen molar-refractivity contribution in [3.8, 4) is 11.1 Å². The first kappa shape index (κ1) is 17.8. The molecule has 2 aromatic carbocycles. The Kier molecular flexibility index (Phi) is 4.00. The van der Waals surface area contributed by atoms with Gasteiger partial charge in [0.25, 0.3) is 0 Å². The number of hydrogen-bond donors (Lipinski definition) is 0. The number of para-hydroxylation sites is 1. The third-order valence-electron chi connectivity index (χ3n) is 6.08. The van der Waals surface area contributed by atoms with E-state index >= 15 is 0 Å². The number of cyclic esters (lactones) is 1. The van der Waals surface area contributed by atoms with Crippen LogP contribution in [-0.2, 0) is 14.3 Å². The number of hydrogen-bond acceptors (Lipinski definition) is 4. The molecule has 0 radical (unpaired) electrons. The van der Waals surface area contributed by atoms with Crippen molar-refractivity contribution in [2.24, 2.45) is 0 Å². The molecule has 0 amide bonds. The summed E-state index contributed by atoms with van der Waals surface area (Å²) in [7, 11) is 0. The number of aromatic nitrogens is 1. The molecule has 4 nitrogen and oxygen atoms in total. The average Bonchev–Trinajstić information content (AvgIpc) is 3.66. The maximum absolute atomic E-state index is 13.6. The Hall–Kier alpha value is -3.05. The zero-order chi connectivity index (χ0) is 20.2. The quantitative estimate of drug-likeness (QED) is 0.455. The Balaban J connectivity index is 1.51. The summed E-state index contributed by atoms with van der Waals surface area (Å²) in [6, 6.07) is 14.7. The fourth-order valence-electron chi connectivity index (χ4n) is 4.35. The molecule has 3 heterocycles. The zero-order valence-corrected chi connectivity index (χ0v) is 16.3. The number of pyridine rings is 1. The summed E-state index contributed by atoms with van der Waals surface area (Å²) in [4.78, 5) is 16.9. The lowest BCUT2D eigenvalue weighted by Crippen LogP contribution is -2.28. The normalized spacial score (nSPS) is 25.4. The molecular weight excluding hydrogens is 381 g/mol. The topological polar surface area (TPSA) is 51.7 Å². The third-order valence-corrected chi connectivity index (χ3v) is 6.08. The first-order valence-corrected chi connectivity index (χ1v) is 10.4. The number of nitrogens with zero attached hydrogens (tertiary/aromatic N) is 1. The van der Waals surface area contributed by atoms with Gasteiger partial charge in [-0.1, -0.05) is 36.4 Å². The third kappa shape index (κ3) is 3.10. The number of benzene rings is 2. The van der Waals surface area contributed by atoms with E-state index < -0.39 is 0 Å². The van der Waals surface area contributed by atoms with Gasteiger partial charge in [-0.15, -0.1) is 0 Å². The lowest BCUT2D eigenvalue weighted by atomic mass is 9.92. The Morgan fingerprint density at radius 3 is 2.63 bits per heavy atom. The summed E-state index contributed by atoms with van der Waals surface area (Å²) < 4.78 is 24.5. The molecule has 6 rings (SSSR count). The molecule has 3 aromatic rings. The highest BCUT2D eigenvalue weighted by Crippen LogP contribution is 2.45. The van der Waals surface area contributed by atoms with Gasteiger partial charge >= 0.3 is 5.97 Å². The van der Waals surface area contributed by atoms with E-state index in [4.69, 9.17) is 14.5 Å². The summed E-state index contributed by atoms with van der Waals surface area (Å²) >= 11 is 0. The molecule has 0 bridgehead atoms. The van der Waals surface area contributed by atoms with Gasteiger partial charge in [-0.3, -0.25) is 4.98 Å². The Morgan fingerprint density at radius 1 is 1.07 bits per heavy atom. The van der Waals surface area contributed by atoms with Gasteiger partial charge < -0.3 is 9.47 Å². The minimum Gasteiger partial charge on any atom is -0.456 e. The number of epoxide rings is 1. The van der Waals surface area contributed by atoms with E-state index in [0.29, 0.717) is 12.3 Å². The van der Waals surface area contributed by atoms with E-state index in [2.05, 4.69) is 6.07 Å². The van der Waals surface area contributed by atoms with Gasteiger partial charge in [-0.25, -0.2) is 9.18 Å². The molecule has 1 saturated carbocycles. The minimum atomic E-state index is -0.367. The second kappa shape index (κ2) is 6.74. The molecule has 30 heavy (non-hydrogen) atoms. The number of esters is 1. The van der Waals surface area contributed by atoms with Crippen LogP contribution in [0.5, 0.6) is 0 Å². The maximum Gasteiger partial charge on any atom is 0.338 e. The highest BCUT2D eigenvalue weighted by Gasteiger charge is 2.51. The number of ether oxygens (including phenoxy) is 2. The second-order valence-corrected chi connectivity index (χ2v) is 8.25. The van der Waals surface area contributed by atoms with E-state index in [1.807, 2.05) is 42.5 Å². The van der Waals surface area contributed by atoms with E-state index in [1.165, 1.54) is 12.1 Å². The van der Waals surface area contributed by atoms with Crippen molar-refractivity contribution in [3.63, 3.8) is 0 Å². The van der Waals surface area contributed by atoms with Gasteiger partial charge in [0.1, 0.15) is 11.9 Å². The van der Waals surface area contributed by atoms with Crippen molar-refractivity contribution in [3.05, 3.63) is 71.7 Å². The van der Waals surface area contributed by atoms with Crippen LogP contribution in [-0.4, -0.2) is 29.3 Å². The lowest BCUT2D eigenvalue weighted by molar-refractivity contribution is -0.149. The summed E-state index contributed by atoms with van der Waals surface area (Å²) in [5.74, 6) is -0.109. The van der Waals surface area contributed by atoms with Crippen LogP contribution in [0.2, 0.25) is 0 Å². The summed E-state index contributed by atoms with van der Waals surface area (Å²) in [5, 5.41) is 1.03. The van der Waals surface area contributed by atoms with Crippen molar-refractivity contribution in [1.82, 2.24) is 4.98 Å². The highest BCUT2D eigenvalue weighted by molar-refractivity contribution is 5.99. The van der Waals surface area contributed by atoms with Crippen LogP contribution in [0.4, 0.5) is 4.39 Å². The minimum absolute atomic E-state index is 0.0184. The molecule has 3 atom stereocenters. The summed E-state index contributed by atoms with van der Waals surface area (Å²) in [5.41, 5.74) is 5.02. The van der Waals surface area contributed by atoms with Crippen LogP contribution in [0.15, 0.2) is 54.6 Å². The van der Waals surface area contributed by atoms with E-state index in [1.54, 1.807) is 0 Å². The fraction of sp³-hybridized carbons (Fsp3) is 0.280. The monoisotopic (exact) mass is 401 g/mol. The molecular formula is C25H20FNO3.